The van der Waals surface area contributed by atoms with Crippen LogP contribution in [0.4, 0.5) is 0 Å². The highest BCUT2D eigenvalue weighted by Gasteiger charge is 2.36. The molecule has 4 rings (SSSR count). The Morgan fingerprint density at radius 1 is 1.07 bits per heavy atom. The Labute approximate surface area is 161 Å². The number of benzene rings is 2. The van der Waals surface area contributed by atoms with E-state index in [0.717, 1.165) is 49.1 Å². The molecule has 1 unspecified atom stereocenters. The quantitative estimate of drug-likeness (QED) is 0.846. The predicted molar refractivity (Wildman–Crippen MR) is 107 cm³/mol. The second-order valence-corrected chi connectivity index (χ2v) is 9.04. The Bertz CT molecular complexity index is 910. The van der Waals surface area contributed by atoms with Crippen LogP contribution in [0, 0.1) is 0 Å². The molecule has 0 saturated carbocycles. The fourth-order valence-electron chi connectivity index (χ4n) is 4.16. The van der Waals surface area contributed by atoms with Gasteiger partial charge in [0.25, 0.3) is 0 Å². The number of rotatable bonds is 5. The minimum absolute atomic E-state index is 0.316. The molecule has 1 N–H and O–H groups in total. The monoisotopic (exact) mass is 389 g/mol. The van der Waals surface area contributed by atoms with Gasteiger partial charge in [-0.05, 0) is 25.5 Å². The minimum atomic E-state index is -3.53. The number of fused-ring (bicyclic) bond motifs is 1. The van der Waals surface area contributed by atoms with Crippen LogP contribution in [0.2, 0.25) is 0 Å². The maximum atomic E-state index is 13.4. The van der Waals surface area contributed by atoms with E-state index in [1.54, 1.807) is 16.4 Å². The van der Waals surface area contributed by atoms with Crippen LogP contribution in [-0.2, 0) is 10.0 Å². The first-order valence-electron chi connectivity index (χ1n) is 9.70. The smallest absolute Gasteiger partial charge is 0.243 e. The molecule has 2 saturated heterocycles. The Morgan fingerprint density at radius 3 is 2.56 bits per heavy atom. The average Bonchev–Trinajstić information content (AvgIpc) is 3.20. The van der Waals surface area contributed by atoms with Crippen molar-refractivity contribution in [3.05, 3.63) is 36.4 Å². The molecule has 2 fully saturated rings. The summed E-state index contributed by atoms with van der Waals surface area (Å²) >= 11 is 0. The van der Waals surface area contributed by atoms with E-state index in [1.165, 1.54) is 0 Å². The van der Waals surface area contributed by atoms with Crippen molar-refractivity contribution in [2.45, 2.75) is 24.3 Å². The van der Waals surface area contributed by atoms with Gasteiger partial charge in [-0.2, -0.15) is 4.31 Å². The summed E-state index contributed by atoms with van der Waals surface area (Å²) in [6, 6.07) is 11.4. The number of nitrogens with zero attached hydrogens (tertiary/aromatic N) is 2. The van der Waals surface area contributed by atoms with Gasteiger partial charge in [0.2, 0.25) is 10.0 Å². The third kappa shape index (κ3) is 3.57. The zero-order chi connectivity index (χ0) is 18.9. The molecular weight excluding hydrogens is 362 g/mol. The van der Waals surface area contributed by atoms with Gasteiger partial charge in [-0.15, -0.1) is 0 Å². The Balaban J connectivity index is 1.64. The van der Waals surface area contributed by atoms with Crippen molar-refractivity contribution in [1.29, 1.82) is 0 Å². The summed E-state index contributed by atoms with van der Waals surface area (Å²) in [5, 5.41) is 4.93. The van der Waals surface area contributed by atoms with E-state index in [1.807, 2.05) is 31.2 Å². The molecule has 2 aliphatic heterocycles. The molecule has 146 valence electrons. The van der Waals surface area contributed by atoms with Crippen LogP contribution < -0.4 is 10.1 Å². The van der Waals surface area contributed by atoms with E-state index < -0.39 is 10.0 Å². The first kappa shape index (κ1) is 18.7. The second kappa shape index (κ2) is 7.75. The van der Waals surface area contributed by atoms with E-state index in [9.17, 15) is 8.42 Å². The van der Waals surface area contributed by atoms with Crippen LogP contribution in [0.3, 0.4) is 0 Å². The third-order valence-electron chi connectivity index (χ3n) is 5.56. The molecule has 2 heterocycles. The summed E-state index contributed by atoms with van der Waals surface area (Å²) in [6.07, 6.45) is 0.897. The fraction of sp³-hybridized carbons (Fsp3) is 0.500. The van der Waals surface area contributed by atoms with Gasteiger partial charge in [0.05, 0.1) is 11.5 Å². The summed E-state index contributed by atoms with van der Waals surface area (Å²) < 4.78 is 34.1. The lowest BCUT2D eigenvalue weighted by Gasteiger charge is -2.32. The lowest BCUT2D eigenvalue weighted by Crippen LogP contribution is -2.49. The van der Waals surface area contributed by atoms with E-state index in [4.69, 9.17) is 4.74 Å². The predicted octanol–water partition coefficient (Wildman–Crippen LogP) is 1.91. The van der Waals surface area contributed by atoms with E-state index in [-0.39, 0.29) is 0 Å². The Hall–Kier alpha value is -1.67. The second-order valence-electron chi connectivity index (χ2n) is 7.13. The van der Waals surface area contributed by atoms with Crippen LogP contribution >= 0.6 is 0 Å². The number of hydrogen-bond acceptors (Lipinski definition) is 5. The maximum Gasteiger partial charge on any atom is 0.243 e. The molecule has 0 aliphatic carbocycles. The molecule has 0 bridgehead atoms. The van der Waals surface area contributed by atoms with Gasteiger partial charge in [0.15, 0.2) is 0 Å². The van der Waals surface area contributed by atoms with E-state index in [2.05, 4.69) is 10.2 Å². The normalized spacial score (nSPS) is 22.3. The van der Waals surface area contributed by atoms with E-state index in [0.29, 0.717) is 30.6 Å². The molecule has 6 nitrogen and oxygen atoms in total. The first-order chi connectivity index (χ1) is 13.1. The van der Waals surface area contributed by atoms with Crippen molar-refractivity contribution < 1.29 is 13.2 Å². The molecule has 0 aromatic heterocycles. The van der Waals surface area contributed by atoms with Gasteiger partial charge >= 0.3 is 0 Å². The average molecular weight is 390 g/mol. The van der Waals surface area contributed by atoms with Crippen molar-refractivity contribution in [3.8, 4) is 5.75 Å². The molecular formula is C20H27N3O3S. The highest BCUT2D eigenvalue weighted by molar-refractivity contribution is 7.89. The van der Waals surface area contributed by atoms with Gasteiger partial charge in [-0.1, -0.05) is 24.3 Å². The third-order valence-corrected chi connectivity index (χ3v) is 7.48. The fourth-order valence-corrected chi connectivity index (χ4v) is 5.85. The molecule has 2 aromatic rings. The minimum Gasteiger partial charge on any atom is -0.493 e. The van der Waals surface area contributed by atoms with Crippen molar-refractivity contribution >= 4 is 20.8 Å². The molecule has 0 radical (unpaired) electrons. The van der Waals surface area contributed by atoms with Crippen molar-refractivity contribution in [2.24, 2.45) is 0 Å². The van der Waals surface area contributed by atoms with Gasteiger partial charge in [-0.3, -0.25) is 4.90 Å². The zero-order valence-corrected chi connectivity index (χ0v) is 16.5. The highest BCUT2D eigenvalue weighted by atomic mass is 32.2. The SMILES string of the molecule is CCOc1ccc(S(=O)(=O)N2CCC(N3CCNCC3)C2)c2ccccc12. The Kier molecular flexibility index (Phi) is 5.36. The van der Waals surface area contributed by atoms with E-state index >= 15 is 0 Å². The van der Waals surface area contributed by atoms with Gasteiger partial charge in [-0.25, -0.2) is 8.42 Å². The van der Waals surface area contributed by atoms with Gasteiger partial charge in [0.1, 0.15) is 5.75 Å². The van der Waals surface area contributed by atoms with Gasteiger partial charge in [0, 0.05) is 56.1 Å². The summed E-state index contributed by atoms with van der Waals surface area (Å²) in [4.78, 5) is 2.80. The first-order valence-corrected chi connectivity index (χ1v) is 11.1. The van der Waals surface area contributed by atoms with Crippen LogP contribution in [0.15, 0.2) is 41.3 Å². The molecule has 7 heteroatoms. The van der Waals surface area contributed by atoms with Gasteiger partial charge < -0.3 is 10.1 Å². The van der Waals surface area contributed by atoms with Crippen LogP contribution in [0.1, 0.15) is 13.3 Å². The summed E-state index contributed by atoms with van der Waals surface area (Å²) in [5.74, 6) is 0.729. The molecule has 0 amide bonds. The van der Waals surface area contributed by atoms with Crippen LogP contribution in [0.5, 0.6) is 5.75 Å². The lowest BCUT2D eigenvalue weighted by molar-refractivity contribution is 0.179. The van der Waals surface area contributed by atoms with Crippen molar-refractivity contribution in [1.82, 2.24) is 14.5 Å². The number of sulfonamides is 1. The highest BCUT2D eigenvalue weighted by Crippen LogP contribution is 2.34. The number of ether oxygens (including phenoxy) is 1. The molecule has 1 atom stereocenters. The standard InChI is InChI=1S/C20H27N3O3S/c1-2-26-19-7-8-20(18-6-4-3-5-17(18)19)27(24,25)23-12-9-16(15-23)22-13-10-21-11-14-22/h3-8,16,21H,2,9-15H2,1H3. The number of piperazine rings is 1. The van der Waals surface area contributed by atoms with Crippen LogP contribution in [-0.4, -0.2) is 69.5 Å². The molecule has 2 aliphatic rings. The molecule has 0 spiro atoms. The largest absolute Gasteiger partial charge is 0.493 e. The Morgan fingerprint density at radius 2 is 1.81 bits per heavy atom. The molecule has 2 aromatic carbocycles. The maximum absolute atomic E-state index is 13.4. The number of hydrogen-bond donors (Lipinski definition) is 1. The summed E-state index contributed by atoms with van der Waals surface area (Å²) in [6.45, 7) is 7.57. The summed E-state index contributed by atoms with van der Waals surface area (Å²) in [5.41, 5.74) is 0. The molecule has 27 heavy (non-hydrogen) atoms. The summed E-state index contributed by atoms with van der Waals surface area (Å²) in [7, 11) is -3.53. The van der Waals surface area contributed by atoms with Crippen molar-refractivity contribution in [3.63, 3.8) is 0 Å². The topological polar surface area (TPSA) is 61.9 Å². The van der Waals surface area contributed by atoms with Crippen molar-refractivity contribution in [2.75, 3.05) is 45.9 Å². The zero-order valence-electron chi connectivity index (χ0n) is 15.7. The number of nitrogens with one attached hydrogen (secondary N) is 1. The lowest BCUT2D eigenvalue weighted by atomic mass is 10.1. The van der Waals surface area contributed by atoms with Crippen LogP contribution in [0.25, 0.3) is 10.8 Å².